The third kappa shape index (κ3) is 7.02. The molecular weight excluding hydrogens is 809 g/mol. The van der Waals surface area contributed by atoms with E-state index in [2.05, 4.69) is 260 Å². The average Bonchev–Trinajstić information content (AvgIpc) is 3.79. The van der Waals surface area contributed by atoms with Crippen molar-refractivity contribution in [1.82, 2.24) is 9.55 Å². The van der Waals surface area contributed by atoms with E-state index in [1.54, 1.807) is 0 Å². The first-order chi connectivity index (χ1) is 33.2. The number of nitrogens with zero attached hydrogens (tertiary/aromatic N) is 2. The summed E-state index contributed by atoms with van der Waals surface area (Å²) in [6.07, 6.45) is 0.837. The summed E-state index contributed by atoms with van der Waals surface area (Å²) in [5.41, 5.74) is 20.0. The lowest BCUT2D eigenvalue weighted by molar-refractivity contribution is 0.908. The minimum Gasteiger partial charge on any atom is -0.296 e. The number of aryl methyl sites for hydroxylation is 1. The van der Waals surface area contributed by atoms with Crippen LogP contribution in [0.2, 0.25) is 0 Å². The van der Waals surface area contributed by atoms with Crippen LogP contribution in [0.3, 0.4) is 0 Å². The lowest BCUT2D eigenvalue weighted by atomic mass is 9.78. The molecule has 0 bridgehead atoms. The molecule has 0 unspecified atom stereocenters. The van der Waals surface area contributed by atoms with Crippen molar-refractivity contribution in [3.8, 4) is 83.6 Å². The molecule has 0 spiro atoms. The molecule has 0 amide bonds. The highest BCUT2D eigenvalue weighted by molar-refractivity contribution is 6.21. The fourth-order valence-corrected chi connectivity index (χ4v) is 10.5. The van der Waals surface area contributed by atoms with E-state index in [0.29, 0.717) is 0 Å². The van der Waals surface area contributed by atoms with Crippen LogP contribution < -0.4 is 0 Å². The van der Waals surface area contributed by atoms with E-state index < -0.39 is 0 Å². The first-order valence-corrected chi connectivity index (χ1v) is 23.3. The Labute approximate surface area is 391 Å². The number of para-hydroxylation sites is 2. The number of benzene rings is 11. The number of imidazole rings is 1. The first kappa shape index (κ1) is 40.0. The highest BCUT2D eigenvalue weighted by Gasteiger charge is 2.25. The van der Waals surface area contributed by atoms with Gasteiger partial charge in [-0.15, -0.1) is 0 Å². The quantitative estimate of drug-likeness (QED) is 0.132. The Morgan fingerprint density at radius 1 is 0.313 bits per heavy atom. The SMILES string of the molecule is CCc1nc2ccccc2n1-c1cccc(-c2c3ccccc3c(-c3cccc(-c4cc(-c5ccccc5)c(-c5ccccc5)c(-c5ccccc5)c4-c4ccccc4)c3)c3ccccc23)c1. The molecule has 2 heteroatoms. The molecule has 11 aromatic carbocycles. The van der Waals surface area contributed by atoms with Gasteiger partial charge in [0.25, 0.3) is 0 Å². The highest BCUT2D eigenvalue weighted by atomic mass is 15.1. The van der Waals surface area contributed by atoms with Crippen LogP contribution in [0.25, 0.3) is 116 Å². The van der Waals surface area contributed by atoms with Crippen molar-refractivity contribution in [2.45, 2.75) is 13.3 Å². The molecule has 0 aliphatic rings. The standard InChI is InChI=1S/C65H46N2/c1-2-60-66-58-39-19-20-40-59(58)67(60)51-34-22-33-50(42-51)62-54-37-17-15-35-52(54)61(53-36-16-18-38-55(53)62)49-32-21-31-48(41-49)57-43-56(44-23-7-3-8-24-44)63(45-25-9-4-10-26-45)65(47-29-13-6-14-30-47)64(57)46-27-11-5-12-28-46/h3-43H,2H2,1H3. The molecule has 1 aromatic heterocycles. The van der Waals surface area contributed by atoms with Crippen molar-refractivity contribution in [2.24, 2.45) is 0 Å². The Morgan fingerprint density at radius 3 is 1.25 bits per heavy atom. The zero-order valence-electron chi connectivity index (χ0n) is 37.3. The molecule has 316 valence electrons. The summed E-state index contributed by atoms with van der Waals surface area (Å²) in [6.45, 7) is 2.18. The normalized spacial score (nSPS) is 11.4. The van der Waals surface area contributed by atoms with E-state index in [1.165, 1.54) is 93.9 Å². The Balaban J connectivity index is 1.12. The molecule has 12 rings (SSSR count). The molecule has 0 N–H and O–H groups in total. The highest BCUT2D eigenvalue weighted by Crippen LogP contribution is 2.51. The van der Waals surface area contributed by atoms with Crippen molar-refractivity contribution >= 4 is 32.6 Å². The summed E-state index contributed by atoms with van der Waals surface area (Å²) in [7, 11) is 0. The van der Waals surface area contributed by atoms with Crippen LogP contribution in [0.5, 0.6) is 0 Å². The number of rotatable bonds is 9. The maximum atomic E-state index is 5.03. The van der Waals surface area contributed by atoms with E-state index in [9.17, 15) is 0 Å². The van der Waals surface area contributed by atoms with E-state index in [-0.39, 0.29) is 0 Å². The number of hydrogen-bond acceptors (Lipinski definition) is 1. The molecule has 0 saturated carbocycles. The molecular formula is C65H46N2. The molecule has 0 aliphatic carbocycles. The van der Waals surface area contributed by atoms with Crippen molar-refractivity contribution in [2.75, 3.05) is 0 Å². The van der Waals surface area contributed by atoms with Gasteiger partial charge in [-0.25, -0.2) is 4.98 Å². The monoisotopic (exact) mass is 854 g/mol. The van der Waals surface area contributed by atoms with Gasteiger partial charge in [-0.2, -0.15) is 0 Å². The molecule has 12 aromatic rings. The van der Waals surface area contributed by atoms with Crippen molar-refractivity contribution in [3.63, 3.8) is 0 Å². The third-order valence-electron chi connectivity index (χ3n) is 13.3. The second-order valence-corrected chi connectivity index (χ2v) is 17.2. The second kappa shape index (κ2) is 17.1. The van der Waals surface area contributed by atoms with Gasteiger partial charge in [-0.3, -0.25) is 4.57 Å². The van der Waals surface area contributed by atoms with Crippen LogP contribution in [-0.2, 0) is 6.42 Å². The average molecular weight is 855 g/mol. The van der Waals surface area contributed by atoms with Gasteiger partial charge < -0.3 is 0 Å². The van der Waals surface area contributed by atoms with Crippen LogP contribution in [-0.4, -0.2) is 9.55 Å². The van der Waals surface area contributed by atoms with Crippen LogP contribution >= 0.6 is 0 Å². The molecule has 1 heterocycles. The third-order valence-corrected chi connectivity index (χ3v) is 13.3. The molecule has 0 aliphatic heterocycles. The number of hydrogen-bond donors (Lipinski definition) is 0. The Bertz CT molecular complexity index is 3700. The summed E-state index contributed by atoms with van der Waals surface area (Å²) >= 11 is 0. The van der Waals surface area contributed by atoms with E-state index in [4.69, 9.17) is 4.98 Å². The van der Waals surface area contributed by atoms with Gasteiger partial charge in [0.05, 0.1) is 11.0 Å². The van der Waals surface area contributed by atoms with Gasteiger partial charge in [0.1, 0.15) is 5.82 Å². The van der Waals surface area contributed by atoms with E-state index in [0.717, 1.165) is 34.5 Å². The van der Waals surface area contributed by atoms with Gasteiger partial charge in [-0.05, 0) is 136 Å². The smallest absolute Gasteiger partial charge is 0.114 e. The fraction of sp³-hybridized carbons (Fsp3) is 0.0308. The second-order valence-electron chi connectivity index (χ2n) is 17.2. The zero-order valence-corrected chi connectivity index (χ0v) is 37.3. The predicted molar refractivity (Wildman–Crippen MR) is 284 cm³/mol. The summed E-state index contributed by atoms with van der Waals surface area (Å²) in [5, 5.41) is 4.89. The van der Waals surface area contributed by atoms with Gasteiger partial charge in [0.2, 0.25) is 0 Å². The maximum Gasteiger partial charge on any atom is 0.114 e. The van der Waals surface area contributed by atoms with Gasteiger partial charge >= 0.3 is 0 Å². The minimum atomic E-state index is 0.837. The summed E-state index contributed by atoms with van der Waals surface area (Å²) in [4.78, 5) is 5.03. The minimum absolute atomic E-state index is 0.837. The van der Waals surface area contributed by atoms with E-state index >= 15 is 0 Å². The molecule has 0 fully saturated rings. The molecule has 0 radical (unpaired) electrons. The fourth-order valence-electron chi connectivity index (χ4n) is 10.5. The number of fused-ring (bicyclic) bond motifs is 3. The Morgan fingerprint density at radius 2 is 0.716 bits per heavy atom. The predicted octanol–water partition coefficient (Wildman–Crippen LogP) is 17.6. The maximum absolute atomic E-state index is 5.03. The van der Waals surface area contributed by atoms with Crippen LogP contribution in [0, 0.1) is 0 Å². The van der Waals surface area contributed by atoms with Crippen LogP contribution in [0.4, 0.5) is 0 Å². The first-order valence-electron chi connectivity index (χ1n) is 23.3. The molecule has 0 saturated heterocycles. The number of aromatic nitrogens is 2. The van der Waals surface area contributed by atoms with Gasteiger partial charge in [0, 0.05) is 12.1 Å². The van der Waals surface area contributed by atoms with Crippen molar-refractivity contribution < 1.29 is 0 Å². The molecule has 0 atom stereocenters. The summed E-state index contributed by atoms with van der Waals surface area (Å²) in [5.74, 6) is 1.06. The van der Waals surface area contributed by atoms with Crippen molar-refractivity contribution in [3.05, 3.63) is 255 Å². The lowest BCUT2D eigenvalue weighted by Crippen LogP contribution is -2.00. The molecule has 67 heavy (non-hydrogen) atoms. The topological polar surface area (TPSA) is 17.8 Å². The largest absolute Gasteiger partial charge is 0.296 e. The van der Waals surface area contributed by atoms with E-state index in [1.807, 2.05) is 0 Å². The summed E-state index contributed by atoms with van der Waals surface area (Å²) in [6, 6.07) is 90.9. The Kier molecular flexibility index (Phi) is 10.2. The van der Waals surface area contributed by atoms with Gasteiger partial charge in [-0.1, -0.05) is 219 Å². The lowest BCUT2D eigenvalue weighted by Gasteiger charge is -2.25. The molecule has 2 nitrogen and oxygen atoms in total. The van der Waals surface area contributed by atoms with Crippen molar-refractivity contribution in [1.29, 1.82) is 0 Å². The van der Waals surface area contributed by atoms with Crippen LogP contribution in [0.15, 0.2) is 249 Å². The summed E-state index contributed by atoms with van der Waals surface area (Å²) < 4.78 is 2.32. The Hall–Kier alpha value is -8.59. The zero-order chi connectivity index (χ0) is 44.7. The van der Waals surface area contributed by atoms with Gasteiger partial charge in [0.15, 0.2) is 0 Å². The van der Waals surface area contributed by atoms with Crippen LogP contribution in [0.1, 0.15) is 12.7 Å².